The number of hydrogen-bond donors (Lipinski definition) is 2. The minimum atomic E-state index is -0.255. The molecule has 0 amide bonds. The number of hydrogen-bond acceptors (Lipinski definition) is 5. The molecule has 0 radical (unpaired) electrons. The molecule has 0 spiro atoms. The van der Waals surface area contributed by atoms with Gasteiger partial charge in [0.2, 0.25) is 0 Å². The maximum Gasteiger partial charge on any atom is 0.158 e. The Hall–Kier alpha value is -2.21. The predicted octanol–water partition coefficient (Wildman–Crippen LogP) is 1.96. The molecule has 0 aliphatic rings. The first-order valence-corrected chi connectivity index (χ1v) is 5.78. The van der Waals surface area contributed by atoms with E-state index in [1.807, 2.05) is 0 Å². The smallest absolute Gasteiger partial charge is 0.158 e. The van der Waals surface area contributed by atoms with Crippen LogP contribution in [0.3, 0.4) is 0 Å². The Morgan fingerprint density at radius 1 is 1.32 bits per heavy atom. The average molecular weight is 262 g/mol. The Kier molecular flexibility index (Phi) is 4.25. The van der Waals surface area contributed by atoms with E-state index in [9.17, 15) is 4.39 Å². The fraction of sp³-hybridized carbons (Fsp3) is 0.231. The van der Waals surface area contributed by atoms with Crippen molar-refractivity contribution in [1.29, 1.82) is 0 Å². The number of nitrogen functional groups attached to an aromatic ring is 1. The number of nitrogens with zero attached hydrogens (tertiary/aromatic N) is 2. The van der Waals surface area contributed by atoms with Crippen LogP contribution in [0, 0.1) is 5.82 Å². The van der Waals surface area contributed by atoms with Gasteiger partial charge in [-0.05, 0) is 6.07 Å². The number of halogens is 1. The molecule has 0 atom stereocenters. The molecule has 0 bridgehead atoms. The van der Waals surface area contributed by atoms with Crippen molar-refractivity contribution in [2.24, 2.45) is 0 Å². The summed E-state index contributed by atoms with van der Waals surface area (Å²) in [5.41, 5.74) is 6.23. The quantitative estimate of drug-likeness (QED) is 0.861. The molecule has 0 aliphatic heterocycles. The lowest BCUT2D eigenvalue weighted by molar-refractivity contribution is 0.178. The minimum absolute atomic E-state index is 0.255. The van der Waals surface area contributed by atoms with Gasteiger partial charge in [0.15, 0.2) is 5.82 Å². The van der Waals surface area contributed by atoms with Crippen molar-refractivity contribution in [3.63, 3.8) is 0 Å². The van der Waals surface area contributed by atoms with Crippen molar-refractivity contribution in [3.05, 3.63) is 47.5 Å². The first-order valence-electron chi connectivity index (χ1n) is 5.78. The SMILES string of the molecule is COCc1nc(N)cc(NCc2ccccc2F)n1. The van der Waals surface area contributed by atoms with Gasteiger partial charge in [0.05, 0.1) is 0 Å². The lowest BCUT2D eigenvalue weighted by atomic mass is 10.2. The van der Waals surface area contributed by atoms with Crippen LogP contribution in [0.1, 0.15) is 11.4 Å². The highest BCUT2D eigenvalue weighted by Gasteiger charge is 2.04. The lowest BCUT2D eigenvalue weighted by Crippen LogP contribution is -2.08. The number of aromatic nitrogens is 2. The second-order valence-electron chi connectivity index (χ2n) is 3.97. The van der Waals surface area contributed by atoms with Crippen molar-refractivity contribution >= 4 is 11.6 Å². The first kappa shape index (κ1) is 13.2. The molecule has 0 unspecified atom stereocenters. The maximum absolute atomic E-state index is 13.5. The van der Waals surface area contributed by atoms with Crippen LogP contribution in [0.5, 0.6) is 0 Å². The van der Waals surface area contributed by atoms with Crippen molar-refractivity contribution in [3.8, 4) is 0 Å². The van der Waals surface area contributed by atoms with E-state index in [2.05, 4.69) is 15.3 Å². The third-order valence-corrected chi connectivity index (χ3v) is 2.48. The van der Waals surface area contributed by atoms with Gasteiger partial charge in [-0.25, -0.2) is 14.4 Å². The number of rotatable bonds is 5. The molecule has 5 nitrogen and oxygen atoms in total. The molecule has 1 aromatic heterocycles. The fourth-order valence-corrected chi connectivity index (χ4v) is 1.63. The first-order chi connectivity index (χ1) is 9.19. The summed E-state index contributed by atoms with van der Waals surface area (Å²) in [6, 6.07) is 8.16. The van der Waals surface area contributed by atoms with Gasteiger partial charge in [0.1, 0.15) is 24.1 Å². The fourth-order valence-electron chi connectivity index (χ4n) is 1.63. The van der Waals surface area contributed by atoms with Gasteiger partial charge in [-0.3, -0.25) is 0 Å². The van der Waals surface area contributed by atoms with Crippen LogP contribution in [0.15, 0.2) is 30.3 Å². The number of anilines is 2. The molecule has 0 saturated carbocycles. The highest BCUT2D eigenvalue weighted by atomic mass is 19.1. The zero-order valence-electron chi connectivity index (χ0n) is 10.6. The van der Waals surface area contributed by atoms with Crippen LogP contribution in [0.25, 0.3) is 0 Å². The molecule has 0 aliphatic carbocycles. The summed E-state index contributed by atoms with van der Waals surface area (Å²) in [6.45, 7) is 0.606. The summed E-state index contributed by atoms with van der Waals surface area (Å²) in [6.07, 6.45) is 0. The van der Waals surface area contributed by atoms with E-state index < -0.39 is 0 Å². The van der Waals surface area contributed by atoms with E-state index in [1.54, 1.807) is 31.4 Å². The standard InChI is InChI=1S/C13H15FN4O/c1-19-8-13-17-11(15)6-12(18-13)16-7-9-4-2-3-5-10(9)14/h2-6H,7-8H2,1H3,(H3,15,16,17,18). The molecule has 0 fully saturated rings. The Balaban J connectivity index is 2.09. The third kappa shape index (κ3) is 3.62. The molecular weight excluding hydrogens is 247 g/mol. The van der Waals surface area contributed by atoms with Gasteiger partial charge in [-0.15, -0.1) is 0 Å². The van der Waals surface area contributed by atoms with Crippen LogP contribution in [-0.4, -0.2) is 17.1 Å². The third-order valence-electron chi connectivity index (χ3n) is 2.48. The topological polar surface area (TPSA) is 73.1 Å². The number of ether oxygens (including phenoxy) is 1. The second-order valence-corrected chi connectivity index (χ2v) is 3.97. The van der Waals surface area contributed by atoms with Crippen molar-refractivity contribution in [2.45, 2.75) is 13.2 Å². The molecule has 0 saturated heterocycles. The Bertz CT molecular complexity index is 562. The number of nitrogens with one attached hydrogen (secondary N) is 1. The summed E-state index contributed by atoms with van der Waals surface area (Å²) in [4.78, 5) is 8.24. The molecule has 2 rings (SSSR count). The summed E-state index contributed by atoms with van der Waals surface area (Å²) in [5.74, 6) is 1.12. The largest absolute Gasteiger partial charge is 0.384 e. The normalized spacial score (nSPS) is 10.4. The zero-order valence-corrected chi connectivity index (χ0v) is 10.6. The van der Waals surface area contributed by atoms with Crippen LogP contribution >= 0.6 is 0 Å². The average Bonchev–Trinajstić information content (AvgIpc) is 2.37. The predicted molar refractivity (Wildman–Crippen MR) is 70.9 cm³/mol. The number of methoxy groups -OCH3 is 1. The Morgan fingerprint density at radius 3 is 2.84 bits per heavy atom. The molecule has 19 heavy (non-hydrogen) atoms. The van der Waals surface area contributed by atoms with E-state index in [4.69, 9.17) is 10.5 Å². The van der Waals surface area contributed by atoms with Crippen molar-refractivity contribution in [2.75, 3.05) is 18.2 Å². The minimum Gasteiger partial charge on any atom is -0.384 e. The molecular formula is C13H15FN4O. The summed E-state index contributed by atoms with van der Waals surface area (Å²) >= 11 is 0. The van der Waals surface area contributed by atoms with Gasteiger partial charge in [0, 0.05) is 25.3 Å². The highest BCUT2D eigenvalue weighted by Crippen LogP contribution is 2.12. The molecule has 1 aromatic carbocycles. The van der Waals surface area contributed by atoms with Gasteiger partial charge < -0.3 is 15.8 Å². The van der Waals surface area contributed by atoms with Gasteiger partial charge in [-0.1, -0.05) is 18.2 Å². The Labute approximate surface area is 110 Å². The van der Waals surface area contributed by atoms with Crippen LogP contribution in [-0.2, 0) is 17.9 Å². The highest BCUT2D eigenvalue weighted by molar-refractivity contribution is 5.45. The molecule has 2 aromatic rings. The number of nitrogens with two attached hydrogens (primary N) is 1. The van der Waals surface area contributed by atoms with Gasteiger partial charge >= 0.3 is 0 Å². The van der Waals surface area contributed by atoms with Crippen LogP contribution in [0.2, 0.25) is 0 Å². The van der Waals surface area contributed by atoms with E-state index >= 15 is 0 Å². The number of benzene rings is 1. The lowest BCUT2D eigenvalue weighted by Gasteiger charge is -2.08. The molecule has 100 valence electrons. The molecule has 6 heteroatoms. The molecule has 1 heterocycles. The van der Waals surface area contributed by atoms with E-state index in [0.29, 0.717) is 29.6 Å². The van der Waals surface area contributed by atoms with Gasteiger partial charge in [0.25, 0.3) is 0 Å². The summed E-state index contributed by atoms with van der Waals surface area (Å²) < 4.78 is 18.4. The van der Waals surface area contributed by atoms with E-state index in [0.717, 1.165) is 0 Å². The van der Waals surface area contributed by atoms with Crippen molar-refractivity contribution in [1.82, 2.24) is 9.97 Å². The van der Waals surface area contributed by atoms with Crippen molar-refractivity contribution < 1.29 is 9.13 Å². The van der Waals surface area contributed by atoms with E-state index in [-0.39, 0.29) is 12.4 Å². The van der Waals surface area contributed by atoms with Gasteiger partial charge in [-0.2, -0.15) is 0 Å². The maximum atomic E-state index is 13.5. The second kappa shape index (κ2) is 6.10. The van der Waals surface area contributed by atoms with Crippen LogP contribution < -0.4 is 11.1 Å². The molecule has 3 N–H and O–H groups in total. The summed E-state index contributed by atoms with van der Waals surface area (Å²) in [7, 11) is 1.55. The Morgan fingerprint density at radius 2 is 2.11 bits per heavy atom. The zero-order chi connectivity index (χ0) is 13.7. The van der Waals surface area contributed by atoms with Crippen LogP contribution in [0.4, 0.5) is 16.0 Å². The van der Waals surface area contributed by atoms with E-state index in [1.165, 1.54) is 6.07 Å². The summed E-state index contributed by atoms with van der Waals surface area (Å²) in [5, 5.41) is 3.01. The monoisotopic (exact) mass is 262 g/mol.